The molecule has 1 aliphatic rings. The topological polar surface area (TPSA) is 49.4 Å². The van der Waals surface area contributed by atoms with Gasteiger partial charge in [-0.3, -0.25) is 0 Å². The van der Waals surface area contributed by atoms with Crippen molar-refractivity contribution in [3.8, 4) is 0 Å². The van der Waals surface area contributed by atoms with Gasteiger partial charge in [-0.2, -0.15) is 0 Å². The van der Waals surface area contributed by atoms with E-state index in [0.29, 0.717) is 24.9 Å². The molecular formula is C16H26N2O2S. The fourth-order valence-electron chi connectivity index (χ4n) is 2.63. The lowest BCUT2D eigenvalue weighted by Gasteiger charge is -2.16. The maximum atomic E-state index is 12.5. The first-order chi connectivity index (χ1) is 9.92. The van der Waals surface area contributed by atoms with Crippen LogP contribution < -0.4 is 5.32 Å². The summed E-state index contributed by atoms with van der Waals surface area (Å²) in [5.74, 6) is 0.998. The first kappa shape index (κ1) is 16.5. The van der Waals surface area contributed by atoms with E-state index in [-0.39, 0.29) is 5.75 Å². The van der Waals surface area contributed by atoms with E-state index in [4.69, 9.17) is 0 Å². The summed E-state index contributed by atoms with van der Waals surface area (Å²) in [6, 6.07) is 7.85. The lowest BCUT2D eigenvalue weighted by atomic mass is 10.0. The summed E-state index contributed by atoms with van der Waals surface area (Å²) in [5, 5.41) is 3.26. The maximum Gasteiger partial charge on any atom is 0.218 e. The van der Waals surface area contributed by atoms with Gasteiger partial charge in [-0.05, 0) is 29.5 Å². The second-order valence-electron chi connectivity index (χ2n) is 6.12. The summed E-state index contributed by atoms with van der Waals surface area (Å²) in [7, 11) is -3.19. The SMILES string of the molecule is CCNCc1ccc(CS(=O)(=O)N2CC(C)C(C)C2)cc1. The van der Waals surface area contributed by atoms with Crippen molar-refractivity contribution in [1.29, 1.82) is 0 Å². The molecule has 1 fully saturated rings. The third-order valence-corrected chi connectivity index (χ3v) is 6.08. The van der Waals surface area contributed by atoms with Crippen LogP contribution in [-0.4, -0.2) is 32.4 Å². The highest BCUT2D eigenvalue weighted by atomic mass is 32.2. The molecule has 2 unspecified atom stereocenters. The fourth-order valence-corrected chi connectivity index (χ4v) is 4.35. The number of rotatable bonds is 6. The summed E-state index contributed by atoms with van der Waals surface area (Å²) in [6.07, 6.45) is 0. The number of sulfonamides is 1. The average Bonchev–Trinajstić information content (AvgIpc) is 2.78. The van der Waals surface area contributed by atoms with E-state index in [1.54, 1.807) is 4.31 Å². The van der Waals surface area contributed by atoms with Crippen molar-refractivity contribution in [2.24, 2.45) is 11.8 Å². The largest absolute Gasteiger partial charge is 0.313 e. The number of nitrogens with one attached hydrogen (secondary N) is 1. The van der Waals surface area contributed by atoms with Gasteiger partial charge in [0.2, 0.25) is 10.0 Å². The van der Waals surface area contributed by atoms with Gasteiger partial charge in [0.15, 0.2) is 0 Å². The smallest absolute Gasteiger partial charge is 0.218 e. The predicted molar refractivity (Wildman–Crippen MR) is 86.3 cm³/mol. The molecule has 0 aliphatic carbocycles. The normalized spacial score (nSPS) is 23.6. The van der Waals surface area contributed by atoms with E-state index in [2.05, 4.69) is 26.1 Å². The molecule has 1 N–H and O–H groups in total. The minimum atomic E-state index is -3.19. The highest BCUT2D eigenvalue weighted by Gasteiger charge is 2.33. The molecule has 0 radical (unpaired) electrons. The average molecular weight is 310 g/mol. The van der Waals surface area contributed by atoms with Crippen LogP contribution in [0.1, 0.15) is 31.9 Å². The van der Waals surface area contributed by atoms with Gasteiger partial charge < -0.3 is 5.32 Å². The molecule has 0 saturated carbocycles. The lowest BCUT2D eigenvalue weighted by molar-refractivity contribution is 0.462. The zero-order valence-electron chi connectivity index (χ0n) is 13.2. The molecule has 118 valence electrons. The van der Waals surface area contributed by atoms with Gasteiger partial charge in [-0.25, -0.2) is 12.7 Å². The summed E-state index contributed by atoms with van der Waals surface area (Å²) in [5.41, 5.74) is 2.05. The van der Waals surface area contributed by atoms with E-state index >= 15 is 0 Å². The second-order valence-corrected chi connectivity index (χ2v) is 8.09. The number of hydrogen-bond donors (Lipinski definition) is 1. The van der Waals surface area contributed by atoms with Crippen LogP contribution in [-0.2, 0) is 22.3 Å². The van der Waals surface area contributed by atoms with Crippen molar-refractivity contribution in [3.05, 3.63) is 35.4 Å². The Bertz CT molecular complexity index is 544. The Hall–Kier alpha value is -0.910. The quantitative estimate of drug-likeness (QED) is 0.876. The molecule has 0 bridgehead atoms. The Morgan fingerprint density at radius 3 is 2.14 bits per heavy atom. The van der Waals surface area contributed by atoms with Gasteiger partial charge in [-0.15, -0.1) is 0 Å². The Morgan fingerprint density at radius 2 is 1.62 bits per heavy atom. The second kappa shape index (κ2) is 6.90. The molecule has 0 aromatic heterocycles. The molecule has 1 heterocycles. The first-order valence-corrected chi connectivity index (χ1v) is 9.29. The minimum Gasteiger partial charge on any atom is -0.313 e. The van der Waals surface area contributed by atoms with Crippen molar-refractivity contribution in [1.82, 2.24) is 9.62 Å². The molecule has 2 atom stereocenters. The molecule has 21 heavy (non-hydrogen) atoms. The minimum absolute atomic E-state index is 0.105. The van der Waals surface area contributed by atoms with Crippen molar-refractivity contribution in [2.75, 3.05) is 19.6 Å². The summed E-state index contributed by atoms with van der Waals surface area (Å²) < 4.78 is 26.6. The van der Waals surface area contributed by atoms with Crippen LogP contribution in [0.2, 0.25) is 0 Å². The predicted octanol–water partition coefficient (Wildman–Crippen LogP) is 2.21. The van der Waals surface area contributed by atoms with Gasteiger partial charge in [0, 0.05) is 19.6 Å². The molecule has 4 nitrogen and oxygen atoms in total. The van der Waals surface area contributed by atoms with Crippen molar-refractivity contribution in [2.45, 2.75) is 33.1 Å². The van der Waals surface area contributed by atoms with Crippen LogP contribution in [0.15, 0.2) is 24.3 Å². The molecule has 0 spiro atoms. The zero-order chi connectivity index (χ0) is 15.5. The Labute approximate surface area is 128 Å². The Morgan fingerprint density at radius 1 is 1.10 bits per heavy atom. The Kier molecular flexibility index (Phi) is 5.41. The van der Waals surface area contributed by atoms with Crippen LogP contribution in [0.3, 0.4) is 0 Å². The third-order valence-electron chi connectivity index (χ3n) is 4.30. The van der Waals surface area contributed by atoms with Crippen LogP contribution in [0.5, 0.6) is 0 Å². The maximum absolute atomic E-state index is 12.5. The molecule has 1 aromatic rings. The standard InChI is InChI=1S/C16H26N2O2S/c1-4-17-9-15-5-7-16(8-6-15)12-21(19,20)18-10-13(2)14(3)11-18/h5-8,13-14,17H,4,9-12H2,1-3H3. The highest BCUT2D eigenvalue weighted by molar-refractivity contribution is 7.88. The van der Waals surface area contributed by atoms with Crippen molar-refractivity contribution in [3.63, 3.8) is 0 Å². The fraction of sp³-hybridized carbons (Fsp3) is 0.625. The molecule has 2 rings (SSSR count). The Balaban J connectivity index is 2.00. The highest BCUT2D eigenvalue weighted by Crippen LogP contribution is 2.26. The lowest BCUT2D eigenvalue weighted by Crippen LogP contribution is -2.30. The van der Waals surface area contributed by atoms with Gasteiger partial charge in [0.1, 0.15) is 0 Å². The van der Waals surface area contributed by atoms with Crippen LogP contribution in [0.25, 0.3) is 0 Å². The van der Waals surface area contributed by atoms with Crippen LogP contribution >= 0.6 is 0 Å². The van der Waals surface area contributed by atoms with Gasteiger partial charge in [0.25, 0.3) is 0 Å². The summed E-state index contributed by atoms with van der Waals surface area (Å²) in [4.78, 5) is 0. The number of nitrogens with zero attached hydrogens (tertiary/aromatic N) is 1. The van der Waals surface area contributed by atoms with Gasteiger partial charge >= 0.3 is 0 Å². The van der Waals surface area contributed by atoms with Gasteiger partial charge in [-0.1, -0.05) is 45.0 Å². The van der Waals surface area contributed by atoms with Crippen molar-refractivity contribution < 1.29 is 8.42 Å². The van der Waals surface area contributed by atoms with E-state index in [1.807, 2.05) is 24.3 Å². The number of benzene rings is 1. The molecular weight excluding hydrogens is 284 g/mol. The monoisotopic (exact) mass is 310 g/mol. The third kappa shape index (κ3) is 4.28. The first-order valence-electron chi connectivity index (χ1n) is 7.68. The molecule has 1 aliphatic heterocycles. The van der Waals surface area contributed by atoms with Crippen molar-refractivity contribution >= 4 is 10.0 Å². The summed E-state index contributed by atoms with van der Waals surface area (Å²) >= 11 is 0. The molecule has 0 amide bonds. The molecule has 1 aromatic carbocycles. The van der Waals surface area contributed by atoms with E-state index in [0.717, 1.165) is 18.7 Å². The van der Waals surface area contributed by atoms with E-state index < -0.39 is 10.0 Å². The van der Waals surface area contributed by atoms with Gasteiger partial charge in [0.05, 0.1) is 5.75 Å². The van der Waals surface area contributed by atoms with Crippen LogP contribution in [0.4, 0.5) is 0 Å². The summed E-state index contributed by atoms with van der Waals surface area (Å²) in [6.45, 7) is 9.38. The molecule has 1 saturated heterocycles. The molecule has 5 heteroatoms. The van der Waals surface area contributed by atoms with E-state index in [1.165, 1.54) is 5.56 Å². The van der Waals surface area contributed by atoms with E-state index in [9.17, 15) is 8.42 Å². The van der Waals surface area contributed by atoms with Crippen LogP contribution in [0, 0.1) is 11.8 Å². The number of hydrogen-bond acceptors (Lipinski definition) is 3. The zero-order valence-corrected chi connectivity index (χ0v) is 14.0.